The zero-order valence-corrected chi connectivity index (χ0v) is 38.0. The molecule has 7 amide bonds. The van der Waals surface area contributed by atoms with Crippen LogP contribution in [0.25, 0.3) is 0 Å². The van der Waals surface area contributed by atoms with Crippen molar-refractivity contribution in [3.8, 4) is 0 Å². The maximum atomic E-state index is 14.2. The van der Waals surface area contributed by atoms with Gasteiger partial charge in [-0.25, -0.2) is 0 Å². The fourth-order valence-corrected chi connectivity index (χ4v) is 6.92. The number of ketones is 1. The molecular formula is C47H65N11O8. The minimum absolute atomic E-state index is 0.0228. The number of nitrogens with zero attached hydrogens (tertiary/aromatic N) is 1. The van der Waals surface area contributed by atoms with Crippen molar-refractivity contribution >= 4 is 53.1 Å². The second-order valence-electron chi connectivity index (χ2n) is 17.0. The number of hydrogen-bond donors (Lipinski definition) is 10. The largest absolute Gasteiger partial charge is 0.370 e. The maximum absolute atomic E-state index is 14.2. The smallest absolute Gasteiger partial charge is 0.243 e. The molecule has 0 radical (unpaired) electrons. The first-order chi connectivity index (χ1) is 31.2. The molecule has 0 unspecified atom stereocenters. The Labute approximate surface area is 385 Å². The number of primary amides is 2. The molecule has 0 spiro atoms. The molecule has 6 atom stereocenters. The van der Waals surface area contributed by atoms with E-state index in [2.05, 4.69) is 31.6 Å². The first kappa shape index (κ1) is 53.2. The minimum Gasteiger partial charge on any atom is -0.370 e. The monoisotopic (exact) mass is 912 g/mol. The third-order valence-corrected chi connectivity index (χ3v) is 10.3. The van der Waals surface area contributed by atoms with Crippen LogP contribution in [0.15, 0.2) is 89.9 Å². The van der Waals surface area contributed by atoms with E-state index in [4.69, 9.17) is 28.7 Å². The lowest BCUT2D eigenvalue weighted by Crippen LogP contribution is -2.60. The summed E-state index contributed by atoms with van der Waals surface area (Å²) in [4.78, 5) is 110. The first-order valence-corrected chi connectivity index (χ1v) is 21.9. The van der Waals surface area contributed by atoms with E-state index in [0.29, 0.717) is 16.7 Å². The van der Waals surface area contributed by atoms with Gasteiger partial charge in [0, 0.05) is 24.1 Å². The highest BCUT2D eigenvalue weighted by Crippen LogP contribution is 2.14. The summed E-state index contributed by atoms with van der Waals surface area (Å²) < 4.78 is 0. The van der Waals surface area contributed by atoms with Crippen LogP contribution in [0.5, 0.6) is 0 Å². The van der Waals surface area contributed by atoms with Crippen molar-refractivity contribution in [2.45, 2.75) is 109 Å². The Bertz CT molecular complexity index is 2150. The van der Waals surface area contributed by atoms with Gasteiger partial charge in [0.1, 0.15) is 30.2 Å². The number of benzene rings is 3. The van der Waals surface area contributed by atoms with Gasteiger partial charge in [0.2, 0.25) is 41.4 Å². The number of hydrogen-bond acceptors (Lipinski definition) is 10. The van der Waals surface area contributed by atoms with Crippen LogP contribution in [0, 0.1) is 11.8 Å². The van der Waals surface area contributed by atoms with Crippen LogP contribution in [0.1, 0.15) is 86.8 Å². The molecule has 0 aliphatic heterocycles. The van der Waals surface area contributed by atoms with Gasteiger partial charge in [-0.2, -0.15) is 0 Å². The predicted molar refractivity (Wildman–Crippen MR) is 250 cm³/mol. The van der Waals surface area contributed by atoms with E-state index in [1.807, 2.05) is 39.8 Å². The summed E-state index contributed by atoms with van der Waals surface area (Å²) >= 11 is 0. The molecule has 0 saturated carbocycles. The standard InChI is InChI=1S/C47H65N11O8/c1-27(2)22-36(44(64)54-34(16-11-21-53-47(51)52)43(63)55-35(41(50)61)26-39(49)59)57-45(65)37(23-28(3)4)58-46(66)38(25-29-12-7-5-8-13-29)56-42(62)33(48)24-30-17-19-32(20-18-30)40(60)31-14-9-6-10-15-31/h5-10,12-15,17-20,27-28,33-38H,11,16,21-26,48H2,1-4H3,(H2,49,59)(H2,50,61)(H,54,64)(H,55,63)(H,56,62)(H,57,65)(H,58,66)(H4,51,52,53)/t33-,34-,35-,36-,37-,38-/m0/s1. The van der Waals surface area contributed by atoms with Crippen molar-refractivity contribution < 1.29 is 38.4 Å². The Kier molecular flexibility index (Phi) is 21.4. The van der Waals surface area contributed by atoms with Gasteiger partial charge in [-0.1, -0.05) is 113 Å². The molecule has 3 rings (SSSR count). The van der Waals surface area contributed by atoms with Crippen molar-refractivity contribution in [1.82, 2.24) is 26.6 Å². The number of aliphatic imine (C=N–C) groups is 1. The molecule has 19 nitrogen and oxygen atoms in total. The van der Waals surface area contributed by atoms with Gasteiger partial charge in [-0.3, -0.25) is 43.3 Å². The first-order valence-electron chi connectivity index (χ1n) is 21.9. The van der Waals surface area contributed by atoms with Gasteiger partial charge in [0.15, 0.2) is 11.7 Å². The van der Waals surface area contributed by atoms with Crippen molar-refractivity contribution in [1.29, 1.82) is 0 Å². The lowest BCUT2D eigenvalue weighted by atomic mass is 9.98. The van der Waals surface area contributed by atoms with E-state index in [1.54, 1.807) is 72.8 Å². The normalized spacial score (nSPS) is 13.7. The van der Waals surface area contributed by atoms with Gasteiger partial charge in [0.25, 0.3) is 0 Å². The van der Waals surface area contributed by atoms with Gasteiger partial charge in [-0.15, -0.1) is 0 Å². The zero-order chi connectivity index (χ0) is 48.9. The Morgan fingerprint density at radius 2 is 0.955 bits per heavy atom. The van der Waals surface area contributed by atoms with Crippen molar-refractivity contribution in [3.63, 3.8) is 0 Å². The van der Waals surface area contributed by atoms with Crippen LogP contribution in [-0.4, -0.2) is 95.9 Å². The van der Waals surface area contributed by atoms with Crippen LogP contribution in [0.3, 0.4) is 0 Å². The molecule has 66 heavy (non-hydrogen) atoms. The number of carbonyl (C=O) groups is 8. The second kappa shape index (κ2) is 26.6. The Morgan fingerprint density at radius 3 is 1.45 bits per heavy atom. The summed E-state index contributed by atoms with van der Waals surface area (Å²) in [5.74, 6) is -6.12. The van der Waals surface area contributed by atoms with Crippen LogP contribution in [0.4, 0.5) is 0 Å². The molecule has 0 saturated heterocycles. The number of carbonyl (C=O) groups excluding carboxylic acids is 8. The van der Waals surface area contributed by atoms with E-state index in [1.165, 1.54) is 0 Å². The molecule has 0 fully saturated rings. The molecule has 0 aromatic heterocycles. The molecule has 0 heterocycles. The van der Waals surface area contributed by atoms with Gasteiger partial charge >= 0.3 is 0 Å². The van der Waals surface area contributed by atoms with E-state index >= 15 is 0 Å². The Morgan fingerprint density at radius 1 is 0.515 bits per heavy atom. The average Bonchev–Trinajstić information content (AvgIpc) is 3.26. The quantitative estimate of drug-likeness (QED) is 0.0209. The minimum atomic E-state index is -1.46. The second-order valence-corrected chi connectivity index (χ2v) is 17.0. The number of guanidine groups is 1. The topological polar surface area (TPSA) is 339 Å². The SMILES string of the molecule is CC(C)C[C@H](NC(=O)[C@H](CC(C)C)NC(=O)[C@H](Cc1ccccc1)NC(=O)[C@@H](N)Cc1ccc(C(=O)c2ccccc2)cc1)C(=O)N[C@@H](CCCN=C(N)N)C(=O)N[C@@H](CC(N)=O)C(N)=O. The molecular weight excluding hydrogens is 847 g/mol. The molecule has 19 heteroatoms. The van der Waals surface area contributed by atoms with Crippen molar-refractivity contribution in [3.05, 3.63) is 107 Å². The average molecular weight is 912 g/mol. The summed E-state index contributed by atoms with van der Waals surface area (Å²) in [7, 11) is 0. The molecule has 356 valence electrons. The Hall–Kier alpha value is -7.15. The van der Waals surface area contributed by atoms with Gasteiger partial charge in [-0.05, 0) is 55.1 Å². The van der Waals surface area contributed by atoms with Crippen LogP contribution >= 0.6 is 0 Å². The Balaban J connectivity index is 1.81. The lowest BCUT2D eigenvalue weighted by molar-refractivity contribution is -0.135. The van der Waals surface area contributed by atoms with Crippen molar-refractivity contribution in [2.75, 3.05) is 6.54 Å². The van der Waals surface area contributed by atoms with Crippen LogP contribution in [0.2, 0.25) is 0 Å². The fourth-order valence-electron chi connectivity index (χ4n) is 6.92. The lowest BCUT2D eigenvalue weighted by Gasteiger charge is -2.28. The summed E-state index contributed by atoms with van der Waals surface area (Å²) in [6.07, 6.45) is 0.00972. The molecule has 0 aliphatic carbocycles. The summed E-state index contributed by atoms with van der Waals surface area (Å²) in [6, 6.07) is 17.2. The zero-order valence-electron chi connectivity index (χ0n) is 38.0. The summed E-state index contributed by atoms with van der Waals surface area (Å²) in [6.45, 7) is 7.43. The molecule has 3 aromatic rings. The van der Waals surface area contributed by atoms with E-state index in [9.17, 15) is 38.4 Å². The number of nitrogens with one attached hydrogen (secondary N) is 5. The van der Waals surface area contributed by atoms with Gasteiger partial charge < -0.3 is 55.3 Å². The molecule has 3 aromatic carbocycles. The molecule has 0 aliphatic rings. The van der Waals surface area contributed by atoms with E-state index in [-0.39, 0.29) is 68.6 Å². The maximum Gasteiger partial charge on any atom is 0.243 e. The van der Waals surface area contributed by atoms with Crippen LogP contribution in [-0.2, 0) is 46.4 Å². The third kappa shape index (κ3) is 18.5. The van der Waals surface area contributed by atoms with E-state index < -0.39 is 84.0 Å². The number of nitrogens with two attached hydrogens (primary N) is 5. The number of rotatable bonds is 27. The summed E-state index contributed by atoms with van der Waals surface area (Å²) in [5, 5.41) is 13.3. The highest BCUT2D eigenvalue weighted by Gasteiger charge is 2.34. The highest BCUT2D eigenvalue weighted by atomic mass is 16.2. The highest BCUT2D eigenvalue weighted by molar-refractivity contribution is 6.09. The van der Waals surface area contributed by atoms with Gasteiger partial charge in [0.05, 0.1) is 12.5 Å². The number of amides is 7. The van der Waals surface area contributed by atoms with Crippen LogP contribution < -0.4 is 55.3 Å². The summed E-state index contributed by atoms with van der Waals surface area (Å²) in [5.41, 5.74) is 30.3. The van der Waals surface area contributed by atoms with Crippen molar-refractivity contribution in [2.24, 2.45) is 45.5 Å². The predicted octanol–water partition coefficient (Wildman–Crippen LogP) is -0.0394. The third-order valence-electron chi connectivity index (χ3n) is 10.3. The van der Waals surface area contributed by atoms with E-state index in [0.717, 1.165) is 5.56 Å². The fraction of sp³-hybridized carbons (Fsp3) is 0.426. The molecule has 0 bridgehead atoms. The molecule has 15 N–H and O–H groups in total.